The lowest BCUT2D eigenvalue weighted by Crippen LogP contribution is -2.39. The molecule has 0 amide bonds. The molecule has 1 saturated heterocycles. The van der Waals surface area contributed by atoms with Gasteiger partial charge in [0.25, 0.3) is 0 Å². The van der Waals surface area contributed by atoms with Crippen LogP contribution in [0.1, 0.15) is 70.3 Å². The number of ether oxygens (including phenoxy) is 2. The summed E-state index contributed by atoms with van der Waals surface area (Å²) in [6.07, 6.45) is 6.91. The van der Waals surface area contributed by atoms with Crippen molar-refractivity contribution >= 4 is 16.9 Å². The van der Waals surface area contributed by atoms with Gasteiger partial charge in [-0.15, -0.1) is 0 Å². The van der Waals surface area contributed by atoms with Gasteiger partial charge in [0.1, 0.15) is 0 Å². The largest absolute Gasteiger partial charge is 0.465 e. The minimum atomic E-state index is -0.296. The van der Waals surface area contributed by atoms with Crippen LogP contribution in [-0.4, -0.2) is 42.7 Å². The lowest BCUT2D eigenvalue weighted by atomic mass is 9.90. The van der Waals surface area contributed by atoms with Crippen molar-refractivity contribution in [3.05, 3.63) is 70.4 Å². The van der Waals surface area contributed by atoms with Crippen LogP contribution >= 0.6 is 0 Å². The summed E-state index contributed by atoms with van der Waals surface area (Å²) < 4.78 is 10.6. The smallest absolute Gasteiger partial charge is 0.337 e. The van der Waals surface area contributed by atoms with Gasteiger partial charge in [0.05, 0.1) is 18.8 Å². The molecule has 2 aliphatic rings. The van der Waals surface area contributed by atoms with Crippen molar-refractivity contribution in [3.63, 3.8) is 0 Å². The average molecular weight is 433 g/mol. The number of H-pyrrole nitrogens is 1. The Balaban J connectivity index is 1.49. The van der Waals surface area contributed by atoms with E-state index >= 15 is 0 Å². The van der Waals surface area contributed by atoms with Gasteiger partial charge in [-0.1, -0.05) is 18.2 Å². The van der Waals surface area contributed by atoms with Crippen LogP contribution in [0.4, 0.5) is 0 Å². The fraction of sp³-hybridized carbons (Fsp3) is 0.444. The number of likely N-dealkylation sites (tertiary alicyclic amines) is 1. The zero-order chi connectivity index (χ0) is 22.2. The van der Waals surface area contributed by atoms with Gasteiger partial charge in [-0.3, -0.25) is 4.90 Å². The van der Waals surface area contributed by atoms with E-state index in [-0.39, 0.29) is 18.1 Å². The van der Waals surface area contributed by atoms with E-state index in [1.165, 1.54) is 53.1 Å². The highest BCUT2D eigenvalue weighted by molar-refractivity contribution is 5.89. The lowest BCUT2D eigenvalue weighted by molar-refractivity contribution is 0.00687. The first-order valence-electron chi connectivity index (χ1n) is 11.6. The van der Waals surface area contributed by atoms with Crippen molar-refractivity contribution in [3.8, 4) is 0 Å². The number of piperidine rings is 1. The average Bonchev–Trinajstić information content (AvgIpc) is 3.55. The lowest BCUT2D eigenvalue weighted by Gasteiger charge is -2.40. The fourth-order valence-electron chi connectivity index (χ4n) is 5.32. The third kappa shape index (κ3) is 3.96. The first-order chi connectivity index (χ1) is 15.6. The number of carbonyl (C=O) groups is 1. The monoisotopic (exact) mass is 432 g/mol. The predicted octanol–water partition coefficient (Wildman–Crippen LogP) is 5.49. The van der Waals surface area contributed by atoms with Gasteiger partial charge in [-0.2, -0.15) is 0 Å². The van der Waals surface area contributed by atoms with E-state index in [2.05, 4.69) is 47.3 Å². The summed E-state index contributed by atoms with van der Waals surface area (Å²) in [4.78, 5) is 17.9. The number of esters is 1. The van der Waals surface area contributed by atoms with Crippen LogP contribution < -0.4 is 0 Å². The molecule has 1 aliphatic carbocycles. The number of hydrogen-bond donors (Lipinski definition) is 1. The Bertz CT molecular complexity index is 1110. The highest BCUT2D eigenvalue weighted by Gasteiger charge is 2.33. The standard InChI is InChI=1S/C27H32N2O3/c1-17-14-23(18-4-5-18)24(22-10-12-28-26(17)22)16-29-13-11-21(31-2)15-25(29)19-6-8-20(9-7-19)27(30)32-3/h6-10,12,14,18,21,25,28H,4-5,11,13,15-16H2,1-3H3/t21-,25-/m0/s1. The molecule has 1 N–H and O–H groups in total. The van der Waals surface area contributed by atoms with Gasteiger partial charge >= 0.3 is 5.97 Å². The first-order valence-corrected chi connectivity index (χ1v) is 11.6. The van der Waals surface area contributed by atoms with E-state index in [0.717, 1.165) is 25.9 Å². The third-order valence-corrected chi connectivity index (χ3v) is 7.28. The summed E-state index contributed by atoms with van der Waals surface area (Å²) in [5.41, 5.74) is 7.42. The second-order valence-corrected chi connectivity index (χ2v) is 9.28. The third-order valence-electron chi connectivity index (χ3n) is 7.28. The number of nitrogens with zero attached hydrogens (tertiary/aromatic N) is 1. The molecule has 3 aromatic rings. The Hall–Kier alpha value is -2.63. The molecule has 2 fully saturated rings. The number of fused-ring (bicyclic) bond motifs is 1. The van der Waals surface area contributed by atoms with Crippen molar-refractivity contribution < 1.29 is 14.3 Å². The molecular weight excluding hydrogens is 400 g/mol. The van der Waals surface area contributed by atoms with Gasteiger partial charge in [0.15, 0.2) is 0 Å². The van der Waals surface area contributed by atoms with Crippen LogP contribution in [0, 0.1) is 6.92 Å². The highest BCUT2D eigenvalue weighted by atomic mass is 16.5. The SMILES string of the molecule is COC(=O)c1ccc([C@@H]2C[C@@H](OC)CCN2Cc2c(C3CC3)cc(C)c3[nH]ccc23)cc1. The number of hydrogen-bond acceptors (Lipinski definition) is 4. The minimum Gasteiger partial charge on any atom is -0.465 e. The molecule has 2 atom stereocenters. The van der Waals surface area contributed by atoms with Gasteiger partial charge in [-0.25, -0.2) is 4.79 Å². The first kappa shape index (κ1) is 21.2. The number of methoxy groups -OCH3 is 2. The molecule has 5 heteroatoms. The van der Waals surface area contributed by atoms with Crippen LogP contribution in [0.25, 0.3) is 10.9 Å². The molecule has 1 aromatic heterocycles. The molecule has 2 aromatic carbocycles. The summed E-state index contributed by atoms with van der Waals surface area (Å²) in [5.74, 6) is 0.410. The summed E-state index contributed by atoms with van der Waals surface area (Å²) in [7, 11) is 3.23. The number of nitrogens with one attached hydrogen (secondary N) is 1. The molecule has 0 spiro atoms. The highest BCUT2D eigenvalue weighted by Crippen LogP contribution is 2.45. The second-order valence-electron chi connectivity index (χ2n) is 9.28. The van der Waals surface area contributed by atoms with Crippen molar-refractivity contribution in [1.29, 1.82) is 0 Å². The molecule has 168 valence electrons. The van der Waals surface area contributed by atoms with Crippen LogP contribution in [0.15, 0.2) is 42.6 Å². The molecule has 32 heavy (non-hydrogen) atoms. The maximum Gasteiger partial charge on any atom is 0.337 e. The Labute approximate surface area is 189 Å². The summed E-state index contributed by atoms with van der Waals surface area (Å²) >= 11 is 0. The fourth-order valence-corrected chi connectivity index (χ4v) is 5.32. The second kappa shape index (κ2) is 8.72. The van der Waals surface area contributed by atoms with Crippen LogP contribution in [0.5, 0.6) is 0 Å². The minimum absolute atomic E-state index is 0.253. The van der Waals surface area contributed by atoms with Crippen molar-refractivity contribution in [2.24, 2.45) is 0 Å². The molecule has 0 unspecified atom stereocenters. The number of carbonyl (C=O) groups excluding carboxylic acids is 1. The molecule has 5 rings (SSSR count). The topological polar surface area (TPSA) is 54.6 Å². The van der Waals surface area contributed by atoms with Crippen LogP contribution in [0.2, 0.25) is 0 Å². The number of rotatable bonds is 6. The van der Waals surface area contributed by atoms with E-state index in [1.807, 2.05) is 19.2 Å². The number of benzene rings is 2. The Morgan fingerprint density at radius 3 is 2.59 bits per heavy atom. The molecule has 1 saturated carbocycles. The molecule has 5 nitrogen and oxygen atoms in total. The number of aromatic nitrogens is 1. The van der Waals surface area contributed by atoms with E-state index in [0.29, 0.717) is 11.5 Å². The van der Waals surface area contributed by atoms with E-state index in [1.54, 1.807) is 0 Å². The quantitative estimate of drug-likeness (QED) is 0.523. The Morgan fingerprint density at radius 1 is 1.12 bits per heavy atom. The van der Waals surface area contributed by atoms with Gasteiger partial charge < -0.3 is 14.5 Å². The maximum atomic E-state index is 11.9. The Morgan fingerprint density at radius 2 is 1.91 bits per heavy atom. The predicted molar refractivity (Wildman–Crippen MR) is 126 cm³/mol. The number of aromatic amines is 1. The van der Waals surface area contributed by atoms with Crippen LogP contribution in [-0.2, 0) is 16.0 Å². The summed E-state index contributed by atoms with van der Waals surface area (Å²) in [5, 5.41) is 1.36. The van der Waals surface area contributed by atoms with Crippen molar-refractivity contribution in [2.45, 2.75) is 57.2 Å². The van der Waals surface area contributed by atoms with Gasteiger partial charge in [0.2, 0.25) is 0 Å². The van der Waals surface area contributed by atoms with Gasteiger partial charge in [-0.05, 0) is 79.0 Å². The molecule has 2 heterocycles. The zero-order valence-corrected chi connectivity index (χ0v) is 19.2. The van der Waals surface area contributed by atoms with Crippen molar-refractivity contribution in [1.82, 2.24) is 9.88 Å². The summed E-state index contributed by atoms with van der Waals surface area (Å²) in [6.45, 7) is 4.14. The number of aryl methyl sites for hydroxylation is 1. The zero-order valence-electron chi connectivity index (χ0n) is 19.2. The van der Waals surface area contributed by atoms with E-state index < -0.39 is 0 Å². The van der Waals surface area contributed by atoms with Gasteiger partial charge in [0, 0.05) is 43.3 Å². The molecule has 0 radical (unpaired) electrons. The maximum absolute atomic E-state index is 11.9. The van der Waals surface area contributed by atoms with E-state index in [9.17, 15) is 4.79 Å². The van der Waals surface area contributed by atoms with E-state index in [4.69, 9.17) is 9.47 Å². The van der Waals surface area contributed by atoms with Crippen LogP contribution in [0.3, 0.4) is 0 Å². The normalized spacial score (nSPS) is 21.7. The summed E-state index contributed by atoms with van der Waals surface area (Å²) in [6, 6.07) is 12.8. The molecule has 1 aliphatic heterocycles. The molecular formula is C27H32N2O3. The Kier molecular flexibility index (Phi) is 5.78. The molecule has 0 bridgehead atoms. The van der Waals surface area contributed by atoms with Crippen molar-refractivity contribution in [2.75, 3.05) is 20.8 Å².